The molecule has 2 aliphatic rings. The molecule has 7 heteroatoms. The van der Waals surface area contributed by atoms with E-state index in [2.05, 4.69) is 46.1 Å². The van der Waals surface area contributed by atoms with E-state index < -0.39 is 0 Å². The number of aromatic nitrogens is 2. The van der Waals surface area contributed by atoms with Gasteiger partial charge in [-0.2, -0.15) is 0 Å². The Hall–Kier alpha value is -1.70. The molecular weight excluding hydrogens is 336 g/mol. The third-order valence-corrected chi connectivity index (χ3v) is 5.68. The van der Waals surface area contributed by atoms with Crippen molar-refractivity contribution < 1.29 is 4.74 Å². The summed E-state index contributed by atoms with van der Waals surface area (Å²) >= 11 is 1.78. The van der Waals surface area contributed by atoms with E-state index in [0.29, 0.717) is 5.95 Å². The molecular formula is C18H24N4O2S. The Morgan fingerprint density at radius 2 is 2.16 bits per heavy atom. The van der Waals surface area contributed by atoms with Gasteiger partial charge in [-0.05, 0) is 31.7 Å². The van der Waals surface area contributed by atoms with Gasteiger partial charge in [-0.15, -0.1) is 11.3 Å². The summed E-state index contributed by atoms with van der Waals surface area (Å²) in [5.41, 5.74) is 1.79. The number of rotatable bonds is 3. The summed E-state index contributed by atoms with van der Waals surface area (Å²) in [5.74, 6) is 0.684. The van der Waals surface area contributed by atoms with Crippen LogP contribution in [0.1, 0.15) is 30.0 Å². The number of hydrogen-bond acceptors (Lipinski definition) is 6. The second-order valence-corrected chi connectivity index (χ2v) is 8.05. The van der Waals surface area contributed by atoms with E-state index in [4.69, 9.17) is 9.72 Å². The van der Waals surface area contributed by atoms with E-state index >= 15 is 0 Å². The van der Waals surface area contributed by atoms with Gasteiger partial charge in [-0.1, -0.05) is 6.07 Å². The molecule has 0 bridgehead atoms. The summed E-state index contributed by atoms with van der Waals surface area (Å²) in [5, 5.41) is 2.11. The van der Waals surface area contributed by atoms with Crippen LogP contribution in [-0.4, -0.2) is 46.7 Å². The van der Waals surface area contributed by atoms with Gasteiger partial charge >= 0.3 is 0 Å². The molecule has 4 rings (SSSR count). The standard InChI is InChI=1S/C18H24N4O2S/c1-12-8-22(9-13(2)24-12)18-19-16-11-21(10-14-4-3-7-25-14)6-5-15(16)17(23)20-18/h3-4,7,12-13H,5-6,8-11H2,1-2H3,(H,19,20,23)/t12-,13-/m1/s1. The van der Waals surface area contributed by atoms with Crippen LogP contribution in [-0.2, 0) is 24.2 Å². The lowest BCUT2D eigenvalue weighted by atomic mass is 10.1. The number of thiophene rings is 1. The average Bonchev–Trinajstić information content (AvgIpc) is 3.06. The number of hydrogen-bond donors (Lipinski definition) is 1. The summed E-state index contributed by atoms with van der Waals surface area (Å²) in [6, 6.07) is 4.24. The van der Waals surface area contributed by atoms with Crippen LogP contribution in [0.5, 0.6) is 0 Å². The van der Waals surface area contributed by atoms with Crippen LogP contribution in [0.2, 0.25) is 0 Å². The van der Waals surface area contributed by atoms with Crippen molar-refractivity contribution in [3.8, 4) is 0 Å². The van der Waals surface area contributed by atoms with Gasteiger partial charge in [0.25, 0.3) is 5.56 Å². The van der Waals surface area contributed by atoms with E-state index in [1.54, 1.807) is 11.3 Å². The molecule has 2 aromatic rings. The van der Waals surface area contributed by atoms with Crippen molar-refractivity contribution in [2.75, 3.05) is 24.5 Å². The molecule has 1 saturated heterocycles. The summed E-state index contributed by atoms with van der Waals surface area (Å²) in [6.07, 6.45) is 1.04. The van der Waals surface area contributed by atoms with E-state index in [-0.39, 0.29) is 17.8 Å². The van der Waals surface area contributed by atoms with Crippen molar-refractivity contribution >= 4 is 17.3 Å². The lowest BCUT2D eigenvalue weighted by Crippen LogP contribution is -2.47. The number of nitrogens with zero attached hydrogens (tertiary/aromatic N) is 3. The zero-order valence-corrected chi connectivity index (χ0v) is 15.5. The van der Waals surface area contributed by atoms with E-state index in [1.807, 2.05) is 0 Å². The minimum atomic E-state index is 0.0163. The predicted molar refractivity (Wildman–Crippen MR) is 99.2 cm³/mol. The quantitative estimate of drug-likeness (QED) is 0.907. The largest absolute Gasteiger partial charge is 0.372 e. The molecule has 0 spiro atoms. The Morgan fingerprint density at radius 1 is 1.36 bits per heavy atom. The maximum absolute atomic E-state index is 12.5. The number of morpholine rings is 1. The maximum atomic E-state index is 12.5. The number of nitrogens with one attached hydrogen (secondary N) is 1. The van der Waals surface area contributed by atoms with Gasteiger partial charge in [0.15, 0.2) is 0 Å². The number of fused-ring (bicyclic) bond motifs is 1. The first-order chi connectivity index (χ1) is 12.1. The minimum absolute atomic E-state index is 0.0163. The molecule has 1 fully saturated rings. The van der Waals surface area contributed by atoms with E-state index in [0.717, 1.165) is 50.4 Å². The van der Waals surface area contributed by atoms with Crippen LogP contribution < -0.4 is 10.5 Å². The first kappa shape index (κ1) is 16.8. The lowest BCUT2D eigenvalue weighted by molar-refractivity contribution is -0.00576. The fourth-order valence-electron chi connectivity index (χ4n) is 3.74. The molecule has 25 heavy (non-hydrogen) atoms. The Bertz CT molecular complexity index is 779. The molecule has 134 valence electrons. The molecule has 2 aliphatic heterocycles. The summed E-state index contributed by atoms with van der Waals surface area (Å²) in [4.78, 5) is 26.2. The highest BCUT2D eigenvalue weighted by atomic mass is 32.1. The molecule has 2 atom stereocenters. The van der Waals surface area contributed by atoms with Crippen molar-refractivity contribution in [2.45, 2.75) is 45.6 Å². The Balaban J connectivity index is 1.56. The minimum Gasteiger partial charge on any atom is -0.372 e. The van der Waals surface area contributed by atoms with Gasteiger partial charge in [-0.3, -0.25) is 14.7 Å². The summed E-state index contributed by atoms with van der Waals surface area (Å²) < 4.78 is 5.79. The maximum Gasteiger partial charge on any atom is 0.255 e. The van der Waals surface area contributed by atoms with Crippen LogP contribution in [0.15, 0.2) is 22.3 Å². The third-order valence-electron chi connectivity index (χ3n) is 4.82. The Morgan fingerprint density at radius 3 is 2.88 bits per heavy atom. The number of aromatic amines is 1. The van der Waals surface area contributed by atoms with Crippen LogP contribution in [0, 0.1) is 0 Å². The molecule has 0 aromatic carbocycles. The highest BCUT2D eigenvalue weighted by Crippen LogP contribution is 2.21. The number of anilines is 1. The van der Waals surface area contributed by atoms with Crippen LogP contribution in [0.4, 0.5) is 5.95 Å². The molecule has 1 N–H and O–H groups in total. The third kappa shape index (κ3) is 3.63. The smallest absolute Gasteiger partial charge is 0.255 e. The predicted octanol–water partition coefficient (Wildman–Crippen LogP) is 2.00. The summed E-state index contributed by atoms with van der Waals surface area (Å²) in [7, 11) is 0. The monoisotopic (exact) mass is 360 g/mol. The number of ether oxygens (including phenoxy) is 1. The normalized spacial score (nSPS) is 24.3. The second-order valence-electron chi connectivity index (χ2n) is 7.02. The van der Waals surface area contributed by atoms with E-state index in [9.17, 15) is 4.79 Å². The van der Waals surface area contributed by atoms with Crippen molar-refractivity contribution in [1.82, 2.24) is 14.9 Å². The van der Waals surface area contributed by atoms with Crippen LogP contribution in [0.25, 0.3) is 0 Å². The summed E-state index contributed by atoms with van der Waals surface area (Å²) in [6.45, 7) is 8.19. The first-order valence-electron chi connectivity index (χ1n) is 8.85. The highest BCUT2D eigenvalue weighted by molar-refractivity contribution is 7.09. The van der Waals surface area contributed by atoms with E-state index in [1.165, 1.54) is 4.88 Å². The molecule has 0 radical (unpaired) electrons. The van der Waals surface area contributed by atoms with Gasteiger partial charge in [0, 0.05) is 43.2 Å². The average molecular weight is 360 g/mol. The fourth-order valence-corrected chi connectivity index (χ4v) is 4.49. The topological polar surface area (TPSA) is 61.5 Å². The van der Waals surface area contributed by atoms with Gasteiger partial charge in [0.2, 0.25) is 5.95 Å². The second kappa shape index (κ2) is 6.90. The van der Waals surface area contributed by atoms with Crippen LogP contribution in [0.3, 0.4) is 0 Å². The van der Waals surface area contributed by atoms with Gasteiger partial charge in [0.1, 0.15) is 0 Å². The zero-order chi connectivity index (χ0) is 17.4. The van der Waals surface area contributed by atoms with Crippen molar-refractivity contribution in [3.05, 3.63) is 44.0 Å². The Kier molecular flexibility index (Phi) is 4.62. The molecule has 0 unspecified atom stereocenters. The molecule has 6 nitrogen and oxygen atoms in total. The van der Waals surface area contributed by atoms with Crippen molar-refractivity contribution in [3.63, 3.8) is 0 Å². The van der Waals surface area contributed by atoms with Crippen molar-refractivity contribution in [2.24, 2.45) is 0 Å². The molecule has 0 saturated carbocycles. The highest BCUT2D eigenvalue weighted by Gasteiger charge is 2.27. The van der Waals surface area contributed by atoms with Gasteiger partial charge < -0.3 is 9.64 Å². The number of H-pyrrole nitrogens is 1. The molecule has 4 heterocycles. The SMILES string of the molecule is C[C@@H]1CN(c2nc3c(c(=O)[nH]2)CCN(Cc2cccs2)C3)C[C@@H](C)O1. The van der Waals surface area contributed by atoms with Crippen LogP contribution >= 0.6 is 11.3 Å². The fraction of sp³-hybridized carbons (Fsp3) is 0.556. The van der Waals surface area contributed by atoms with Gasteiger partial charge in [0.05, 0.1) is 17.9 Å². The first-order valence-corrected chi connectivity index (χ1v) is 9.73. The van der Waals surface area contributed by atoms with Crippen molar-refractivity contribution in [1.29, 1.82) is 0 Å². The Labute approximate surface area is 151 Å². The molecule has 2 aromatic heterocycles. The zero-order valence-electron chi connectivity index (χ0n) is 14.7. The van der Waals surface area contributed by atoms with Gasteiger partial charge in [-0.25, -0.2) is 4.98 Å². The molecule has 0 amide bonds. The lowest BCUT2D eigenvalue weighted by Gasteiger charge is -2.36. The molecule has 0 aliphatic carbocycles.